The number of halogens is 3. The number of ether oxygens (including phenoxy) is 1. The van der Waals surface area contributed by atoms with Crippen molar-refractivity contribution < 1.29 is 32.4 Å². The number of alkyl halides is 3. The smallest absolute Gasteiger partial charge is 0.406 e. The van der Waals surface area contributed by atoms with E-state index in [1.54, 1.807) is 11.9 Å². The number of amides is 2. The van der Waals surface area contributed by atoms with Gasteiger partial charge in [0, 0.05) is 50.5 Å². The van der Waals surface area contributed by atoms with Crippen molar-refractivity contribution in [2.45, 2.75) is 6.36 Å². The van der Waals surface area contributed by atoms with Crippen LogP contribution in [0.2, 0.25) is 0 Å². The summed E-state index contributed by atoms with van der Waals surface area (Å²) in [6.45, 7) is 1.52. The minimum atomic E-state index is -4.79. The summed E-state index contributed by atoms with van der Waals surface area (Å²) in [4.78, 5) is 39.1. The first-order chi connectivity index (χ1) is 16.1. The van der Waals surface area contributed by atoms with Gasteiger partial charge in [0.15, 0.2) is 0 Å². The molecule has 0 aliphatic carbocycles. The molecule has 0 saturated carbocycles. The number of nitro groups is 1. The SMILES string of the molecule is CNc1ccc(C(=O)N2CCN(CC(=O)Nc3ccc(OC(F)(F)F)cc3)CC2)cc1[N+](=O)[O-]. The Morgan fingerprint density at radius 2 is 1.74 bits per heavy atom. The fourth-order valence-corrected chi connectivity index (χ4v) is 3.46. The quantitative estimate of drug-likeness (QED) is 0.461. The average Bonchev–Trinajstić information content (AvgIpc) is 2.79. The Bertz CT molecular complexity index is 1050. The first kappa shape index (κ1) is 24.8. The van der Waals surface area contributed by atoms with Crippen molar-refractivity contribution in [1.29, 1.82) is 0 Å². The number of nitro benzene ring substituents is 1. The van der Waals surface area contributed by atoms with Crippen molar-refractivity contribution in [2.24, 2.45) is 0 Å². The zero-order chi connectivity index (χ0) is 24.9. The molecule has 0 bridgehead atoms. The average molecular weight is 481 g/mol. The molecule has 2 aromatic rings. The standard InChI is InChI=1S/C21H22F3N5O5/c1-25-17-7-2-14(12-18(17)29(32)33)20(31)28-10-8-27(9-11-28)13-19(30)26-15-3-5-16(6-4-15)34-21(22,23)24/h2-7,12,25H,8-11,13H2,1H3,(H,26,30). The summed E-state index contributed by atoms with van der Waals surface area (Å²) >= 11 is 0. The third-order valence-electron chi connectivity index (χ3n) is 5.11. The van der Waals surface area contributed by atoms with Crippen LogP contribution in [0, 0.1) is 10.1 Å². The van der Waals surface area contributed by atoms with Gasteiger partial charge in [-0.1, -0.05) is 0 Å². The highest BCUT2D eigenvalue weighted by Gasteiger charge is 2.31. The van der Waals surface area contributed by atoms with Gasteiger partial charge in [-0.05, 0) is 36.4 Å². The summed E-state index contributed by atoms with van der Waals surface area (Å²) in [7, 11) is 1.55. The molecule has 0 spiro atoms. The lowest BCUT2D eigenvalue weighted by Gasteiger charge is -2.34. The van der Waals surface area contributed by atoms with Crippen molar-refractivity contribution in [3.8, 4) is 5.75 Å². The van der Waals surface area contributed by atoms with E-state index in [2.05, 4.69) is 15.4 Å². The fourth-order valence-electron chi connectivity index (χ4n) is 3.46. The molecule has 0 atom stereocenters. The van der Waals surface area contributed by atoms with Crippen LogP contribution in [0.4, 0.5) is 30.2 Å². The number of carbonyl (C=O) groups excluding carboxylic acids is 2. The zero-order valence-corrected chi connectivity index (χ0v) is 18.1. The van der Waals surface area contributed by atoms with Gasteiger partial charge in [-0.2, -0.15) is 0 Å². The van der Waals surface area contributed by atoms with E-state index < -0.39 is 17.0 Å². The van der Waals surface area contributed by atoms with Gasteiger partial charge in [0.25, 0.3) is 11.6 Å². The second-order valence-corrected chi connectivity index (χ2v) is 7.43. The predicted octanol–water partition coefficient (Wildman–Crippen LogP) is 2.93. The molecule has 10 nitrogen and oxygen atoms in total. The maximum atomic E-state index is 12.8. The van der Waals surface area contributed by atoms with Gasteiger partial charge in [-0.15, -0.1) is 13.2 Å². The van der Waals surface area contributed by atoms with Crippen LogP contribution in [-0.2, 0) is 4.79 Å². The van der Waals surface area contributed by atoms with Crippen LogP contribution in [0.3, 0.4) is 0 Å². The van der Waals surface area contributed by atoms with E-state index >= 15 is 0 Å². The Morgan fingerprint density at radius 3 is 2.29 bits per heavy atom. The van der Waals surface area contributed by atoms with Crippen molar-refractivity contribution in [3.05, 3.63) is 58.1 Å². The van der Waals surface area contributed by atoms with Gasteiger partial charge in [0.05, 0.1) is 11.5 Å². The Kier molecular flexibility index (Phi) is 7.56. The van der Waals surface area contributed by atoms with Crippen LogP contribution in [0.25, 0.3) is 0 Å². The summed E-state index contributed by atoms with van der Waals surface area (Å²) in [5.41, 5.74) is 0.636. The molecule has 182 valence electrons. The molecule has 2 amide bonds. The first-order valence-corrected chi connectivity index (χ1v) is 10.2. The van der Waals surface area contributed by atoms with E-state index in [0.29, 0.717) is 37.6 Å². The highest BCUT2D eigenvalue weighted by atomic mass is 19.4. The molecule has 2 aromatic carbocycles. The molecular formula is C21H22F3N5O5. The number of hydrogen-bond donors (Lipinski definition) is 2. The van der Waals surface area contributed by atoms with Crippen LogP contribution < -0.4 is 15.4 Å². The van der Waals surface area contributed by atoms with Gasteiger partial charge < -0.3 is 20.3 Å². The van der Waals surface area contributed by atoms with Crippen LogP contribution >= 0.6 is 0 Å². The first-order valence-electron chi connectivity index (χ1n) is 10.2. The van der Waals surface area contributed by atoms with Crippen molar-refractivity contribution in [1.82, 2.24) is 9.80 Å². The summed E-state index contributed by atoms with van der Waals surface area (Å²) < 4.78 is 40.4. The Balaban J connectivity index is 1.50. The number of carbonyl (C=O) groups is 2. The molecule has 1 saturated heterocycles. The topological polar surface area (TPSA) is 117 Å². The van der Waals surface area contributed by atoms with Crippen LogP contribution in [0.5, 0.6) is 5.75 Å². The number of anilines is 2. The molecule has 1 heterocycles. The Labute approximate surface area is 192 Å². The maximum Gasteiger partial charge on any atom is 0.573 e. The van der Waals surface area contributed by atoms with E-state index in [4.69, 9.17) is 0 Å². The van der Waals surface area contributed by atoms with Gasteiger partial charge in [-0.3, -0.25) is 24.6 Å². The molecule has 1 aliphatic rings. The molecule has 1 aliphatic heterocycles. The second-order valence-electron chi connectivity index (χ2n) is 7.43. The van der Waals surface area contributed by atoms with E-state index in [1.165, 1.54) is 30.3 Å². The molecular weight excluding hydrogens is 459 g/mol. The van der Waals surface area contributed by atoms with Crippen molar-refractivity contribution in [3.63, 3.8) is 0 Å². The van der Waals surface area contributed by atoms with Crippen LogP contribution in [0.1, 0.15) is 10.4 Å². The lowest BCUT2D eigenvalue weighted by Crippen LogP contribution is -2.50. The normalized spacial score (nSPS) is 14.4. The van der Waals surface area contributed by atoms with E-state index in [9.17, 15) is 32.9 Å². The lowest BCUT2D eigenvalue weighted by molar-refractivity contribution is -0.384. The molecule has 34 heavy (non-hydrogen) atoms. The highest BCUT2D eigenvalue weighted by molar-refractivity contribution is 5.96. The number of hydrogen-bond acceptors (Lipinski definition) is 7. The number of piperazine rings is 1. The van der Waals surface area contributed by atoms with Gasteiger partial charge in [0.2, 0.25) is 5.91 Å². The molecule has 1 fully saturated rings. The Morgan fingerprint density at radius 1 is 1.09 bits per heavy atom. The molecule has 0 aromatic heterocycles. The molecule has 13 heteroatoms. The molecule has 0 radical (unpaired) electrons. The molecule has 3 rings (SSSR count). The summed E-state index contributed by atoms with van der Waals surface area (Å²) in [6.07, 6.45) is -4.79. The Hall–Kier alpha value is -3.87. The third-order valence-corrected chi connectivity index (χ3v) is 5.11. The summed E-state index contributed by atoms with van der Waals surface area (Å²) in [6, 6.07) is 9.03. The van der Waals surface area contributed by atoms with Gasteiger partial charge in [0.1, 0.15) is 11.4 Å². The zero-order valence-electron chi connectivity index (χ0n) is 18.1. The largest absolute Gasteiger partial charge is 0.573 e. The number of nitrogens with one attached hydrogen (secondary N) is 2. The van der Waals surface area contributed by atoms with Crippen molar-refractivity contribution in [2.75, 3.05) is 50.4 Å². The van der Waals surface area contributed by atoms with Crippen LogP contribution in [0.15, 0.2) is 42.5 Å². The molecule has 2 N–H and O–H groups in total. The van der Waals surface area contributed by atoms with E-state index in [1.807, 2.05) is 4.90 Å². The van der Waals surface area contributed by atoms with E-state index in [-0.39, 0.29) is 29.6 Å². The lowest BCUT2D eigenvalue weighted by atomic mass is 10.1. The van der Waals surface area contributed by atoms with Gasteiger partial charge >= 0.3 is 6.36 Å². The number of benzene rings is 2. The monoisotopic (exact) mass is 481 g/mol. The van der Waals surface area contributed by atoms with Crippen LogP contribution in [-0.4, -0.2) is 72.7 Å². The van der Waals surface area contributed by atoms with E-state index in [0.717, 1.165) is 12.1 Å². The number of nitrogens with zero attached hydrogens (tertiary/aromatic N) is 3. The maximum absolute atomic E-state index is 12.8. The van der Waals surface area contributed by atoms with Gasteiger partial charge in [-0.25, -0.2) is 0 Å². The minimum Gasteiger partial charge on any atom is -0.406 e. The summed E-state index contributed by atoms with van der Waals surface area (Å²) in [5, 5.41) is 16.5. The predicted molar refractivity (Wildman–Crippen MR) is 117 cm³/mol. The summed E-state index contributed by atoms with van der Waals surface area (Å²) in [5.74, 6) is -1.09. The fraction of sp³-hybridized carbons (Fsp3) is 0.333. The minimum absolute atomic E-state index is 0.0329. The second kappa shape index (κ2) is 10.4. The van der Waals surface area contributed by atoms with Crippen molar-refractivity contribution >= 4 is 28.9 Å². The number of rotatable bonds is 7. The third kappa shape index (κ3) is 6.57. The molecule has 0 unspecified atom stereocenters. The highest BCUT2D eigenvalue weighted by Crippen LogP contribution is 2.26.